The van der Waals surface area contributed by atoms with Crippen molar-refractivity contribution in [1.29, 1.82) is 0 Å². The fourth-order valence-corrected chi connectivity index (χ4v) is 2.49. The summed E-state index contributed by atoms with van der Waals surface area (Å²) in [5.41, 5.74) is 3.41. The van der Waals surface area contributed by atoms with Crippen LogP contribution in [0, 0.1) is 0 Å². The Kier molecular flexibility index (Phi) is 4.83. The maximum Gasteiger partial charge on any atom is 0.0646 e. The molecule has 0 aromatic heterocycles. The highest BCUT2D eigenvalue weighted by Gasteiger charge is 2.10. The summed E-state index contributed by atoms with van der Waals surface area (Å²) in [6.45, 7) is 3.84. The molecule has 0 bridgehead atoms. The first-order chi connectivity index (χ1) is 9.26. The summed E-state index contributed by atoms with van der Waals surface area (Å²) >= 11 is 6.42. The summed E-state index contributed by atoms with van der Waals surface area (Å²) in [4.78, 5) is 2.21. The van der Waals surface area contributed by atoms with E-state index in [2.05, 4.69) is 41.4 Å². The fraction of sp³-hybridized carbons (Fsp3) is 0.250. The van der Waals surface area contributed by atoms with Crippen molar-refractivity contribution in [1.82, 2.24) is 5.32 Å². The third-order valence-electron chi connectivity index (χ3n) is 3.07. The lowest BCUT2D eigenvalue weighted by Gasteiger charge is -2.24. The Morgan fingerprint density at radius 1 is 1.11 bits per heavy atom. The maximum absolute atomic E-state index is 6.42. The molecule has 0 unspecified atom stereocenters. The maximum atomic E-state index is 6.42. The molecule has 100 valence electrons. The first kappa shape index (κ1) is 13.9. The van der Waals surface area contributed by atoms with Crippen molar-refractivity contribution in [3.05, 3.63) is 59.1 Å². The highest BCUT2D eigenvalue weighted by molar-refractivity contribution is 6.33. The van der Waals surface area contributed by atoms with Crippen LogP contribution in [0.3, 0.4) is 0 Å². The number of nitrogens with one attached hydrogen (secondary N) is 1. The van der Waals surface area contributed by atoms with Gasteiger partial charge >= 0.3 is 0 Å². The Labute approximate surface area is 120 Å². The molecule has 0 atom stereocenters. The minimum Gasteiger partial charge on any atom is -0.341 e. The number of halogens is 1. The van der Waals surface area contributed by atoms with E-state index in [0.717, 1.165) is 29.5 Å². The molecule has 3 heteroatoms. The normalized spacial score (nSPS) is 10.5. The molecule has 0 saturated heterocycles. The molecule has 0 aliphatic heterocycles. The number of para-hydroxylation sites is 1. The highest BCUT2D eigenvalue weighted by Crippen LogP contribution is 2.32. The number of hydrogen-bond acceptors (Lipinski definition) is 2. The van der Waals surface area contributed by atoms with Crippen LogP contribution in [0.4, 0.5) is 11.4 Å². The SMILES string of the molecule is CCN(c1ccccc1)c1ccc(CNC)cc1Cl. The van der Waals surface area contributed by atoms with Gasteiger partial charge < -0.3 is 10.2 Å². The Morgan fingerprint density at radius 2 is 1.84 bits per heavy atom. The molecule has 0 aliphatic rings. The molecule has 0 radical (unpaired) electrons. The first-order valence-electron chi connectivity index (χ1n) is 6.52. The van der Waals surface area contributed by atoms with Crippen LogP contribution in [0.2, 0.25) is 5.02 Å². The van der Waals surface area contributed by atoms with E-state index in [-0.39, 0.29) is 0 Å². The summed E-state index contributed by atoms with van der Waals surface area (Å²) in [6.07, 6.45) is 0. The van der Waals surface area contributed by atoms with Crippen LogP contribution in [-0.4, -0.2) is 13.6 Å². The number of hydrogen-bond donors (Lipinski definition) is 1. The molecule has 2 nitrogen and oxygen atoms in total. The lowest BCUT2D eigenvalue weighted by molar-refractivity contribution is 0.817. The molecule has 0 heterocycles. The number of anilines is 2. The molecule has 2 rings (SSSR count). The van der Waals surface area contributed by atoms with Gasteiger partial charge in [-0.25, -0.2) is 0 Å². The van der Waals surface area contributed by atoms with E-state index in [1.54, 1.807) is 0 Å². The summed E-state index contributed by atoms with van der Waals surface area (Å²) in [5, 5.41) is 3.92. The van der Waals surface area contributed by atoms with E-state index in [4.69, 9.17) is 11.6 Å². The third-order valence-corrected chi connectivity index (χ3v) is 3.37. The molecule has 0 aliphatic carbocycles. The van der Waals surface area contributed by atoms with Gasteiger partial charge in [-0.1, -0.05) is 35.9 Å². The zero-order valence-electron chi connectivity index (χ0n) is 11.4. The summed E-state index contributed by atoms with van der Waals surface area (Å²) in [5.74, 6) is 0. The van der Waals surface area contributed by atoms with Crippen LogP contribution in [0.25, 0.3) is 0 Å². The first-order valence-corrected chi connectivity index (χ1v) is 6.89. The Bertz CT molecular complexity index is 526. The number of benzene rings is 2. The number of nitrogens with zero attached hydrogens (tertiary/aromatic N) is 1. The predicted octanol–water partition coefficient (Wildman–Crippen LogP) is 4.22. The molecule has 2 aromatic rings. The molecule has 2 aromatic carbocycles. The van der Waals surface area contributed by atoms with Crippen LogP contribution < -0.4 is 10.2 Å². The van der Waals surface area contributed by atoms with Crippen LogP contribution in [0.1, 0.15) is 12.5 Å². The second kappa shape index (κ2) is 6.60. The molecule has 0 saturated carbocycles. The van der Waals surface area contributed by atoms with Crippen molar-refractivity contribution < 1.29 is 0 Å². The van der Waals surface area contributed by atoms with E-state index >= 15 is 0 Å². The van der Waals surface area contributed by atoms with E-state index in [0.29, 0.717) is 0 Å². The minimum absolute atomic E-state index is 0.790. The standard InChI is InChI=1S/C16H19ClN2/c1-3-19(14-7-5-4-6-8-14)16-10-9-13(12-18-2)11-15(16)17/h4-11,18H,3,12H2,1-2H3. The van der Waals surface area contributed by atoms with Crippen molar-refractivity contribution in [2.75, 3.05) is 18.5 Å². The average molecular weight is 275 g/mol. The lowest BCUT2D eigenvalue weighted by atomic mass is 10.1. The van der Waals surface area contributed by atoms with Crippen molar-refractivity contribution in [2.45, 2.75) is 13.5 Å². The average Bonchev–Trinajstić information content (AvgIpc) is 2.43. The molecule has 19 heavy (non-hydrogen) atoms. The van der Waals surface area contributed by atoms with E-state index in [1.165, 1.54) is 5.56 Å². The van der Waals surface area contributed by atoms with Gasteiger partial charge in [0, 0.05) is 18.8 Å². The Hall–Kier alpha value is -1.51. The fourth-order valence-electron chi connectivity index (χ4n) is 2.18. The van der Waals surface area contributed by atoms with E-state index in [9.17, 15) is 0 Å². The summed E-state index contributed by atoms with van der Waals surface area (Å²) in [6, 6.07) is 16.5. The van der Waals surface area contributed by atoms with Crippen LogP contribution in [0.5, 0.6) is 0 Å². The quantitative estimate of drug-likeness (QED) is 0.878. The molecule has 0 amide bonds. The summed E-state index contributed by atoms with van der Waals surface area (Å²) < 4.78 is 0. The van der Waals surface area contributed by atoms with Crippen LogP contribution in [-0.2, 0) is 6.54 Å². The van der Waals surface area contributed by atoms with Crippen molar-refractivity contribution in [3.8, 4) is 0 Å². The number of rotatable bonds is 5. The topological polar surface area (TPSA) is 15.3 Å². The van der Waals surface area contributed by atoms with Gasteiger partial charge in [0.2, 0.25) is 0 Å². The van der Waals surface area contributed by atoms with Gasteiger partial charge in [-0.15, -0.1) is 0 Å². The van der Waals surface area contributed by atoms with Gasteiger partial charge in [-0.05, 0) is 43.8 Å². The molecule has 0 spiro atoms. The van der Waals surface area contributed by atoms with Gasteiger partial charge in [0.25, 0.3) is 0 Å². The molecular weight excluding hydrogens is 256 g/mol. The van der Waals surface area contributed by atoms with E-state index < -0.39 is 0 Å². The zero-order chi connectivity index (χ0) is 13.7. The van der Waals surface area contributed by atoms with Crippen molar-refractivity contribution in [2.24, 2.45) is 0 Å². The molecule has 1 N–H and O–H groups in total. The van der Waals surface area contributed by atoms with Gasteiger partial charge in [-0.2, -0.15) is 0 Å². The van der Waals surface area contributed by atoms with Gasteiger partial charge in [0.15, 0.2) is 0 Å². The third kappa shape index (κ3) is 3.28. The van der Waals surface area contributed by atoms with Crippen molar-refractivity contribution in [3.63, 3.8) is 0 Å². The van der Waals surface area contributed by atoms with E-state index in [1.807, 2.05) is 31.3 Å². The van der Waals surface area contributed by atoms with Gasteiger partial charge in [0.1, 0.15) is 0 Å². The highest BCUT2D eigenvalue weighted by atomic mass is 35.5. The van der Waals surface area contributed by atoms with Crippen molar-refractivity contribution >= 4 is 23.0 Å². The minimum atomic E-state index is 0.790. The smallest absolute Gasteiger partial charge is 0.0646 e. The summed E-state index contributed by atoms with van der Waals surface area (Å²) in [7, 11) is 1.93. The van der Waals surface area contributed by atoms with Gasteiger partial charge in [-0.3, -0.25) is 0 Å². The molecular formula is C16H19ClN2. The Balaban J connectivity index is 2.34. The lowest BCUT2D eigenvalue weighted by Crippen LogP contribution is -2.16. The second-order valence-corrected chi connectivity index (χ2v) is 4.80. The Morgan fingerprint density at radius 3 is 2.42 bits per heavy atom. The zero-order valence-corrected chi connectivity index (χ0v) is 12.1. The van der Waals surface area contributed by atoms with Crippen LogP contribution >= 0.6 is 11.6 Å². The largest absolute Gasteiger partial charge is 0.341 e. The van der Waals surface area contributed by atoms with Crippen LogP contribution in [0.15, 0.2) is 48.5 Å². The monoisotopic (exact) mass is 274 g/mol. The second-order valence-electron chi connectivity index (χ2n) is 4.40. The predicted molar refractivity (Wildman–Crippen MR) is 83.3 cm³/mol. The van der Waals surface area contributed by atoms with Gasteiger partial charge in [0.05, 0.1) is 10.7 Å². The molecule has 0 fully saturated rings.